The summed E-state index contributed by atoms with van der Waals surface area (Å²) >= 11 is 11.8. The van der Waals surface area contributed by atoms with Gasteiger partial charge in [-0.3, -0.25) is 0 Å². The predicted molar refractivity (Wildman–Crippen MR) is 78.1 cm³/mol. The minimum Gasteiger partial charge on any atom is -0.439 e. The summed E-state index contributed by atoms with van der Waals surface area (Å²) in [5.74, 6) is 0.432. The highest BCUT2D eigenvalue weighted by molar-refractivity contribution is 6.42. The van der Waals surface area contributed by atoms with Crippen molar-refractivity contribution in [1.29, 1.82) is 0 Å². The third-order valence-electron chi connectivity index (χ3n) is 2.56. The highest BCUT2D eigenvalue weighted by Crippen LogP contribution is 2.30. The van der Waals surface area contributed by atoms with Crippen LogP contribution in [0.3, 0.4) is 0 Å². The molecule has 2 rings (SSSR count). The molecule has 0 fully saturated rings. The maximum Gasteiger partial charge on any atom is 0.223 e. The number of hydrogen-bond donors (Lipinski definition) is 1. The molecule has 6 heteroatoms. The van der Waals surface area contributed by atoms with Crippen LogP contribution in [0.4, 0.5) is 4.39 Å². The molecule has 0 saturated heterocycles. The summed E-state index contributed by atoms with van der Waals surface area (Å²) in [6, 6.07) is 6.29. The van der Waals surface area contributed by atoms with Crippen LogP contribution in [0.25, 0.3) is 0 Å². The van der Waals surface area contributed by atoms with Gasteiger partial charge in [0.05, 0.1) is 16.2 Å². The fourth-order valence-corrected chi connectivity index (χ4v) is 1.89. The van der Waals surface area contributed by atoms with Gasteiger partial charge in [-0.25, -0.2) is 9.37 Å². The van der Waals surface area contributed by atoms with Gasteiger partial charge in [-0.05, 0) is 24.7 Å². The average molecular weight is 315 g/mol. The SMILES string of the molecule is CCNCc1cc(F)cnc1Oc1ccc(Cl)c(Cl)c1. The number of benzene rings is 1. The van der Waals surface area contributed by atoms with Crippen LogP contribution in [0.5, 0.6) is 11.6 Å². The van der Waals surface area contributed by atoms with Crippen molar-refractivity contribution in [2.75, 3.05) is 6.54 Å². The Labute approximate surface area is 126 Å². The lowest BCUT2D eigenvalue weighted by Crippen LogP contribution is -2.13. The van der Waals surface area contributed by atoms with Crippen LogP contribution >= 0.6 is 23.2 Å². The van der Waals surface area contributed by atoms with Crippen molar-refractivity contribution in [3.05, 3.63) is 51.9 Å². The number of nitrogens with one attached hydrogen (secondary N) is 1. The van der Waals surface area contributed by atoms with E-state index in [0.717, 1.165) is 12.7 Å². The van der Waals surface area contributed by atoms with E-state index < -0.39 is 5.82 Å². The van der Waals surface area contributed by atoms with Crippen LogP contribution in [0.1, 0.15) is 12.5 Å². The van der Waals surface area contributed by atoms with Gasteiger partial charge in [-0.2, -0.15) is 0 Å². The summed E-state index contributed by atoms with van der Waals surface area (Å²) < 4.78 is 18.9. The van der Waals surface area contributed by atoms with Crippen molar-refractivity contribution in [2.24, 2.45) is 0 Å². The predicted octanol–water partition coefficient (Wildman–Crippen LogP) is 4.43. The largest absolute Gasteiger partial charge is 0.439 e. The van der Waals surface area contributed by atoms with E-state index in [-0.39, 0.29) is 0 Å². The Balaban J connectivity index is 2.25. The Hall–Kier alpha value is -1.36. The molecule has 0 radical (unpaired) electrons. The first kappa shape index (κ1) is 15.0. The monoisotopic (exact) mass is 314 g/mol. The van der Waals surface area contributed by atoms with Crippen molar-refractivity contribution in [1.82, 2.24) is 10.3 Å². The smallest absolute Gasteiger partial charge is 0.223 e. The number of aromatic nitrogens is 1. The maximum absolute atomic E-state index is 13.2. The van der Waals surface area contributed by atoms with E-state index in [2.05, 4.69) is 10.3 Å². The molecule has 2 aromatic rings. The van der Waals surface area contributed by atoms with Crippen molar-refractivity contribution in [2.45, 2.75) is 13.5 Å². The third-order valence-corrected chi connectivity index (χ3v) is 3.30. The van der Waals surface area contributed by atoms with Crippen molar-refractivity contribution in [3.8, 4) is 11.6 Å². The van der Waals surface area contributed by atoms with E-state index in [1.54, 1.807) is 18.2 Å². The highest BCUT2D eigenvalue weighted by Gasteiger charge is 2.09. The summed E-state index contributed by atoms with van der Waals surface area (Å²) in [4.78, 5) is 3.97. The molecule has 3 nitrogen and oxygen atoms in total. The second-order valence-corrected chi connectivity index (χ2v) is 4.89. The molecule has 0 unspecified atom stereocenters. The first-order chi connectivity index (χ1) is 9.60. The van der Waals surface area contributed by atoms with Crippen LogP contribution in [-0.2, 0) is 6.54 Å². The van der Waals surface area contributed by atoms with Crippen LogP contribution in [0.15, 0.2) is 30.5 Å². The number of hydrogen-bond acceptors (Lipinski definition) is 3. The van der Waals surface area contributed by atoms with Crippen LogP contribution < -0.4 is 10.1 Å². The quantitative estimate of drug-likeness (QED) is 0.886. The van der Waals surface area contributed by atoms with Crippen molar-refractivity contribution >= 4 is 23.2 Å². The second kappa shape index (κ2) is 6.88. The first-order valence-electron chi connectivity index (χ1n) is 6.08. The third kappa shape index (κ3) is 3.82. The minimum absolute atomic E-state index is 0.339. The summed E-state index contributed by atoms with van der Waals surface area (Å²) in [5.41, 5.74) is 0.637. The van der Waals surface area contributed by atoms with Gasteiger partial charge < -0.3 is 10.1 Å². The zero-order chi connectivity index (χ0) is 14.5. The van der Waals surface area contributed by atoms with Gasteiger partial charge in [0.1, 0.15) is 11.6 Å². The van der Waals surface area contributed by atoms with Crippen LogP contribution in [-0.4, -0.2) is 11.5 Å². The molecular weight excluding hydrogens is 302 g/mol. The first-order valence-corrected chi connectivity index (χ1v) is 6.83. The molecule has 1 heterocycles. The van der Waals surface area contributed by atoms with Gasteiger partial charge in [0.25, 0.3) is 0 Å². The fourth-order valence-electron chi connectivity index (χ4n) is 1.60. The summed E-state index contributed by atoms with van der Waals surface area (Å²) in [6.07, 6.45) is 1.11. The van der Waals surface area contributed by atoms with E-state index in [9.17, 15) is 4.39 Å². The molecule has 1 aromatic heterocycles. The maximum atomic E-state index is 13.2. The number of halogens is 3. The lowest BCUT2D eigenvalue weighted by atomic mass is 10.2. The lowest BCUT2D eigenvalue weighted by molar-refractivity contribution is 0.449. The normalized spacial score (nSPS) is 10.6. The Bertz CT molecular complexity index is 608. The van der Waals surface area contributed by atoms with Gasteiger partial charge >= 0.3 is 0 Å². The van der Waals surface area contributed by atoms with E-state index in [0.29, 0.717) is 33.8 Å². The molecule has 20 heavy (non-hydrogen) atoms. The van der Waals surface area contributed by atoms with Crippen LogP contribution in [0.2, 0.25) is 10.0 Å². The molecule has 0 spiro atoms. The van der Waals surface area contributed by atoms with Crippen LogP contribution in [0, 0.1) is 5.82 Å². The molecule has 106 valence electrons. The number of pyridine rings is 1. The van der Waals surface area contributed by atoms with Gasteiger partial charge in [0.2, 0.25) is 5.88 Å². The molecule has 0 aliphatic rings. The van der Waals surface area contributed by atoms with Crippen molar-refractivity contribution in [3.63, 3.8) is 0 Å². The van der Waals surface area contributed by atoms with E-state index in [1.807, 2.05) is 6.92 Å². The topological polar surface area (TPSA) is 34.2 Å². The molecular formula is C14H13Cl2FN2O. The van der Waals surface area contributed by atoms with Gasteiger partial charge in [-0.15, -0.1) is 0 Å². The molecule has 0 amide bonds. The second-order valence-electron chi connectivity index (χ2n) is 4.08. The molecule has 0 atom stereocenters. The standard InChI is InChI=1S/C14H13Cl2FN2O/c1-2-18-7-9-5-10(17)8-19-14(9)20-11-3-4-12(15)13(16)6-11/h3-6,8,18H,2,7H2,1H3. The molecule has 0 bridgehead atoms. The fraction of sp³-hybridized carbons (Fsp3) is 0.214. The molecule has 0 aliphatic carbocycles. The molecule has 1 aromatic carbocycles. The Kier molecular flexibility index (Phi) is 5.17. The molecule has 1 N–H and O–H groups in total. The number of nitrogens with zero attached hydrogens (tertiary/aromatic N) is 1. The zero-order valence-corrected chi connectivity index (χ0v) is 12.3. The summed E-state index contributed by atoms with van der Waals surface area (Å²) in [7, 11) is 0. The van der Waals surface area contributed by atoms with E-state index in [1.165, 1.54) is 6.07 Å². The van der Waals surface area contributed by atoms with Gasteiger partial charge in [0, 0.05) is 18.2 Å². The Morgan fingerprint density at radius 2 is 2.05 bits per heavy atom. The number of ether oxygens (including phenoxy) is 1. The van der Waals surface area contributed by atoms with Crippen molar-refractivity contribution < 1.29 is 9.13 Å². The molecule has 0 saturated carbocycles. The van der Waals surface area contributed by atoms with E-state index >= 15 is 0 Å². The number of rotatable bonds is 5. The lowest BCUT2D eigenvalue weighted by Gasteiger charge is -2.11. The average Bonchev–Trinajstić information content (AvgIpc) is 2.43. The van der Waals surface area contributed by atoms with E-state index in [4.69, 9.17) is 27.9 Å². The Morgan fingerprint density at radius 3 is 2.75 bits per heavy atom. The highest BCUT2D eigenvalue weighted by atomic mass is 35.5. The van der Waals surface area contributed by atoms with Gasteiger partial charge in [0.15, 0.2) is 0 Å². The minimum atomic E-state index is -0.403. The van der Waals surface area contributed by atoms with Gasteiger partial charge in [-0.1, -0.05) is 30.1 Å². The zero-order valence-electron chi connectivity index (χ0n) is 10.8. The Morgan fingerprint density at radius 1 is 1.25 bits per heavy atom. The summed E-state index contributed by atoms with van der Waals surface area (Å²) in [6.45, 7) is 3.20. The summed E-state index contributed by atoms with van der Waals surface area (Å²) in [5, 5.41) is 3.94. The molecule has 0 aliphatic heterocycles.